The molecule has 8 heteroatoms. The highest BCUT2D eigenvalue weighted by atomic mass is 16.5. The lowest BCUT2D eigenvalue weighted by atomic mass is 10.1. The smallest absolute Gasteiger partial charge is 0.407 e. The molecule has 0 saturated carbocycles. The maximum Gasteiger partial charge on any atom is 0.407 e. The number of carbonyl (C=O) groups excluding carboxylic acids is 3. The molecule has 0 aliphatic heterocycles. The number of hydrogen-bond acceptors (Lipinski definition) is 5. The molecular formula is C18H21N3O5. The molecule has 1 heterocycles. The fourth-order valence-electron chi connectivity index (χ4n) is 2.21. The lowest BCUT2D eigenvalue weighted by Crippen LogP contribution is -2.50. The summed E-state index contributed by atoms with van der Waals surface area (Å²) in [5, 5.41) is 7.61. The Morgan fingerprint density at radius 2 is 1.85 bits per heavy atom. The zero-order valence-electron chi connectivity index (χ0n) is 14.4. The molecule has 3 N–H and O–H groups in total. The number of methoxy groups -OCH3 is 1. The summed E-state index contributed by atoms with van der Waals surface area (Å²) in [6.45, 7) is 0.0171. The normalized spacial score (nSPS) is 11.3. The van der Waals surface area contributed by atoms with Gasteiger partial charge in [0.15, 0.2) is 0 Å². The molecule has 0 saturated heterocycles. The fourth-order valence-corrected chi connectivity index (χ4v) is 2.21. The number of ether oxygens (including phenoxy) is 1. The molecule has 1 aromatic heterocycles. The molecule has 1 atom stereocenters. The van der Waals surface area contributed by atoms with Crippen LogP contribution in [-0.4, -0.2) is 37.6 Å². The summed E-state index contributed by atoms with van der Waals surface area (Å²) in [5.41, 5.74) is 0.867. The number of nitrogens with one attached hydrogen (secondary N) is 3. The zero-order chi connectivity index (χ0) is 18.8. The fraction of sp³-hybridized carbons (Fsp3) is 0.278. The second kappa shape index (κ2) is 9.87. The summed E-state index contributed by atoms with van der Waals surface area (Å²) in [4.78, 5) is 35.7. The van der Waals surface area contributed by atoms with Gasteiger partial charge in [0.2, 0.25) is 11.8 Å². The molecule has 26 heavy (non-hydrogen) atoms. The van der Waals surface area contributed by atoms with Crippen molar-refractivity contribution < 1.29 is 23.5 Å². The summed E-state index contributed by atoms with van der Waals surface area (Å²) >= 11 is 0. The average molecular weight is 359 g/mol. The lowest BCUT2D eigenvalue weighted by molar-refractivity contribution is -0.127. The van der Waals surface area contributed by atoms with E-state index < -0.39 is 18.0 Å². The minimum Gasteiger partial charge on any atom is -0.467 e. The van der Waals surface area contributed by atoms with E-state index in [9.17, 15) is 14.4 Å². The van der Waals surface area contributed by atoms with Gasteiger partial charge in [-0.2, -0.15) is 0 Å². The van der Waals surface area contributed by atoms with E-state index in [4.69, 9.17) is 4.42 Å². The third-order valence-corrected chi connectivity index (χ3v) is 3.54. The maximum absolute atomic E-state index is 12.4. The first kappa shape index (κ1) is 19.0. The number of carbonyl (C=O) groups is 3. The number of benzene rings is 1. The van der Waals surface area contributed by atoms with Crippen LogP contribution in [0.15, 0.2) is 53.1 Å². The number of alkyl carbamates (subject to hydrolysis) is 1. The van der Waals surface area contributed by atoms with Crippen LogP contribution in [0.3, 0.4) is 0 Å². The largest absolute Gasteiger partial charge is 0.467 e. The second-order valence-corrected chi connectivity index (χ2v) is 5.45. The number of hydrogen-bond donors (Lipinski definition) is 3. The van der Waals surface area contributed by atoms with Crippen LogP contribution in [-0.2, 0) is 27.3 Å². The summed E-state index contributed by atoms with van der Waals surface area (Å²) in [7, 11) is 1.22. The van der Waals surface area contributed by atoms with Crippen LogP contribution in [0, 0.1) is 0 Å². The van der Waals surface area contributed by atoms with Gasteiger partial charge in [-0.3, -0.25) is 9.59 Å². The Bertz CT molecular complexity index is 716. The highest BCUT2D eigenvalue weighted by Gasteiger charge is 2.22. The average Bonchev–Trinajstić information content (AvgIpc) is 3.18. The Morgan fingerprint density at radius 1 is 1.08 bits per heavy atom. The molecule has 0 aliphatic rings. The molecule has 8 nitrogen and oxygen atoms in total. The molecular weight excluding hydrogens is 338 g/mol. The first-order valence-corrected chi connectivity index (χ1v) is 8.03. The third kappa shape index (κ3) is 6.31. The van der Waals surface area contributed by atoms with Gasteiger partial charge >= 0.3 is 6.09 Å². The molecule has 2 rings (SSSR count). The van der Waals surface area contributed by atoms with E-state index in [1.165, 1.54) is 13.4 Å². The first-order chi connectivity index (χ1) is 12.6. The van der Waals surface area contributed by atoms with Crippen LogP contribution in [0.4, 0.5) is 4.79 Å². The van der Waals surface area contributed by atoms with E-state index in [2.05, 4.69) is 20.7 Å². The van der Waals surface area contributed by atoms with Crippen molar-refractivity contribution in [2.24, 2.45) is 0 Å². The Hall–Kier alpha value is -3.29. The minimum absolute atomic E-state index is 0.215. The van der Waals surface area contributed by atoms with Crippen molar-refractivity contribution in [3.05, 3.63) is 60.1 Å². The van der Waals surface area contributed by atoms with Gasteiger partial charge in [-0.25, -0.2) is 4.79 Å². The molecule has 138 valence electrons. The predicted octanol–water partition coefficient (Wildman–Crippen LogP) is 0.979. The minimum atomic E-state index is -0.859. The standard InChI is InChI=1S/C18H21N3O5/c1-25-18(24)21-15(10-13-6-3-2-4-7-13)17(23)20-12-16(22)19-11-14-8-5-9-26-14/h2-9,15H,10-12H2,1H3,(H,19,22)(H,20,23)(H,21,24). The lowest BCUT2D eigenvalue weighted by Gasteiger charge is -2.17. The Labute approximate surface area is 150 Å². The van der Waals surface area contributed by atoms with Gasteiger partial charge in [-0.15, -0.1) is 0 Å². The van der Waals surface area contributed by atoms with Crippen molar-refractivity contribution in [3.8, 4) is 0 Å². The van der Waals surface area contributed by atoms with E-state index in [1.54, 1.807) is 12.1 Å². The van der Waals surface area contributed by atoms with Crippen molar-refractivity contribution in [3.63, 3.8) is 0 Å². The van der Waals surface area contributed by atoms with Gasteiger partial charge in [-0.05, 0) is 17.7 Å². The number of furan rings is 1. The van der Waals surface area contributed by atoms with E-state index in [-0.39, 0.29) is 25.4 Å². The third-order valence-electron chi connectivity index (χ3n) is 3.54. The van der Waals surface area contributed by atoms with Crippen molar-refractivity contribution in [2.75, 3.05) is 13.7 Å². The maximum atomic E-state index is 12.4. The van der Waals surface area contributed by atoms with Crippen molar-refractivity contribution in [2.45, 2.75) is 19.0 Å². The second-order valence-electron chi connectivity index (χ2n) is 5.45. The van der Waals surface area contributed by atoms with Crippen LogP contribution in [0.25, 0.3) is 0 Å². The van der Waals surface area contributed by atoms with Gasteiger partial charge in [0.1, 0.15) is 11.8 Å². The molecule has 1 aromatic carbocycles. The van der Waals surface area contributed by atoms with Crippen LogP contribution >= 0.6 is 0 Å². The van der Waals surface area contributed by atoms with Gasteiger partial charge < -0.3 is 25.1 Å². The number of amides is 3. The van der Waals surface area contributed by atoms with E-state index >= 15 is 0 Å². The Balaban J connectivity index is 1.86. The van der Waals surface area contributed by atoms with E-state index in [1.807, 2.05) is 30.3 Å². The van der Waals surface area contributed by atoms with E-state index in [0.717, 1.165) is 5.56 Å². The molecule has 2 aromatic rings. The highest BCUT2D eigenvalue weighted by Crippen LogP contribution is 2.04. The highest BCUT2D eigenvalue weighted by molar-refractivity contribution is 5.89. The van der Waals surface area contributed by atoms with E-state index in [0.29, 0.717) is 5.76 Å². The predicted molar refractivity (Wildman–Crippen MR) is 93.0 cm³/mol. The van der Waals surface area contributed by atoms with Crippen molar-refractivity contribution in [1.82, 2.24) is 16.0 Å². The Kier molecular flexibility index (Phi) is 7.23. The first-order valence-electron chi connectivity index (χ1n) is 8.03. The van der Waals surface area contributed by atoms with Crippen LogP contribution < -0.4 is 16.0 Å². The summed E-state index contributed by atoms with van der Waals surface area (Å²) in [5.74, 6) is -0.238. The molecule has 0 spiro atoms. The summed E-state index contributed by atoms with van der Waals surface area (Å²) < 4.78 is 9.66. The SMILES string of the molecule is COC(=O)NC(Cc1ccccc1)C(=O)NCC(=O)NCc1ccco1. The molecule has 0 aliphatic carbocycles. The van der Waals surface area contributed by atoms with Gasteiger partial charge in [0.25, 0.3) is 0 Å². The summed E-state index contributed by atoms with van der Waals surface area (Å²) in [6.07, 6.45) is 1.06. The monoisotopic (exact) mass is 359 g/mol. The van der Waals surface area contributed by atoms with Crippen molar-refractivity contribution in [1.29, 1.82) is 0 Å². The molecule has 0 radical (unpaired) electrons. The zero-order valence-corrected chi connectivity index (χ0v) is 14.4. The van der Waals surface area contributed by atoms with Gasteiger partial charge in [0, 0.05) is 6.42 Å². The van der Waals surface area contributed by atoms with Crippen LogP contribution in [0.1, 0.15) is 11.3 Å². The molecule has 0 fully saturated rings. The topological polar surface area (TPSA) is 110 Å². The van der Waals surface area contributed by atoms with Crippen LogP contribution in [0.2, 0.25) is 0 Å². The quantitative estimate of drug-likeness (QED) is 0.651. The Morgan fingerprint density at radius 3 is 2.50 bits per heavy atom. The molecule has 0 bridgehead atoms. The molecule has 3 amide bonds. The molecule has 1 unspecified atom stereocenters. The van der Waals surface area contributed by atoms with Crippen molar-refractivity contribution >= 4 is 17.9 Å². The number of rotatable bonds is 8. The summed E-state index contributed by atoms with van der Waals surface area (Å²) in [6, 6.07) is 11.8. The van der Waals surface area contributed by atoms with Gasteiger partial charge in [-0.1, -0.05) is 30.3 Å². The van der Waals surface area contributed by atoms with Gasteiger partial charge in [0.05, 0.1) is 26.5 Å². The van der Waals surface area contributed by atoms with Crippen LogP contribution in [0.5, 0.6) is 0 Å².